The predicted molar refractivity (Wildman–Crippen MR) is 140 cm³/mol. The van der Waals surface area contributed by atoms with Gasteiger partial charge in [-0.1, -0.05) is 55.4 Å². The maximum atomic E-state index is 4.11. The third kappa shape index (κ3) is 5.16. The fourth-order valence-corrected chi connectivity index (χ4v) is 6.52. The summed E-state index contributed by atoms with van der Waals surface area (Å²) in [5.74, 6) is 1.56. The normalized spacial score (nSPS) is 26.1. The van der Waals surface area contributed by atoms with Crippen LogP contribution in [0.2, 0.25) is 0 Å². The molecule has 4 rings (SSSR count). The molecule has 2 aliphatic carbocycles. The summed E-state index contributed by atoms with van der Waals surface area (Å²) in [4.78, 5) is 5.54. The number of fused-ring (bicyclic) bond motifs is 1. The van der Waals surface area contributed by atoms with E-state index in [1.54, 1.807) is 5.57 Å². The molecular weight excluding hydrogens is 388 g/mol. The Balaban J connectivity index is 1.43. The average molecular weight is 433 g/mol. The third-order valence-corrected chi connectivity index (χ3v) is 7.97. The summed E-state index contributed by atoms with van der Waals surface area (Å²) < 4.78 is 0. The molecule has 0 bridgehead atoms. The molecule has 2 nitrogen and oxygen atoms in total. The van der Waals surface area contributed by atoms with Gasteiger partial charge in [-0.2, -0.15) is 0 Å². The standard InChI is InChI=1S/C30H44N2/c1-5-30-31(21-11-12-24(4)22-23(2)3)28-15-9-10-16-29(28)32(30)27-19-17-26(18-20-27)25-13-7-6-8-14-25/h6-7,9-10,13,15-16,24,26-27,30H,2,5,8,11-12,14,17-22H2,1,3-4H3/t24-,26?,27?,30?/m1/s1. The lowest BCUT2D eigenvalue weighted by molar-refractivity contribution is 0.326. The van der Waals surface area contributed by atoms with E-state index in [4.69, 9.17) is 0 Å². The molecule has 1 saturated carbocycles. The molecule has 0 radical (unpaired) electrons. The van der Waals surface area contributed by atoms with Gasteiger partial charge in [0.1, 0.15) is 6.17 Å². The van der Waals surface area contributed by atoms with Crippen molar-refractivity contribution in [2.75, 3.05) is 16.3 Å². The number of anilines is 2. The summed E-state index contributed by atoms with van der Waals surface area (Å²) in [6, 6.07) is 9.89. The molecule has 1 aliphatic heterocycles. The highest BCUT2D eigenvalue weighted by atomic mass is 15.4. The number of nitrogens with zero attached hydrogens (tertiary/aromatic N) is 2. The van der Waals surface area contributed by atoms with Crippen LogP contribution in [0.25, 0.3) is 0 Å². The van der Waals surface area contributed by atoms with Crippen LogP contribution in [0.1, 0.15) is 85.0 Å². The second-order valence-electron chi connectivity index (χ2n) is 10.6. The molecule has 1 unspecified atom stereocenters. The quantitative estimate of drug-likeness (QED) is 0.362. The van der Waals surface area contributed by atoms with Crippen molar-refractivity contribution < 1.29 is 0 Å². The Labute approximate surface area is 197 Å². The number of hydrogen-bond acceptors (Lipinski definition) is 2. The Bertz CT molecular complexity index is 827. The summed E-state index contributed by atoms with van der Waals surface area (Å²) in [6.07, 6.45) is 20.3. The fraction of sp³-hybridized carbons (Fsp3) is 0.600. The van der Waals surface area contributed by atoms with Gasteiger partial charge in [0.2, 0.25) is 0 Å². The van der Waals surface area contributed by atoms with E-state index in [9.17, 15) is 0 Å². The zero-order valence-corrected chi connectivity index (χ0v) is 20.7. The van der Waals surface area contributed by atoms with E-state index >= 15 is 0 Å². The molecule has 0 saturated heterocycles. The van der Waals surface area contributed by atoms with Crippen molar-refractivity contribution in [1.29, 1.82) is 0 Å². The maximum absolute atomic E-state index is 4.11. The summed E-state index contributed by atoms with van der Waals surface area (Å²) >= 11 is 0. The number of allylic oxidation sites excluding steroid dienone is 5. The zero-order chi connectivity index (χ0) is 22.5. The third-order valence-electron chi connectivity index (χ3n) is 7.97. The largest absolute Gasteiger partial charge is 0.350 e. The van der Waals surface area contributed by atoms with Crippen molar-refractivity contribution in [1.82, 2.24) is 0 Å². The Morgan fingerprint density at radius 3 is 2.53 bits per heavy atom. The molecule has 1 fully saturated rings. The molecule has 2 atom stereocenters. The van der Waals surface area contributed by atoms with Gasteiger partial charge in [0.25, 0.3) is 0 Å². The van der Waals surface area contributed by atoms with Crippen LogP contribution < -0.4 is 9.80 Å². The first-order valence-electron chi connectivity index (χ1n) is 13.2. The molecule has 32 heavy (non-hydrogen) atoms. The minimum atomic E-state index is 0.516. The Hall–Kier alpha value is -1.96. The molecular formula is C30H44N2. The maximum Gasteiger partial charge on any atom is 0.102 e. The molecule has 3 aliphatic rings. The highest BCUT2D eigenvalue weighted by Gasteiger charge is 2.39. The first kappa shape index (κ1) is 23.2. The topological polar surface area (TPSA) is 6.48 Å². The minimum Gasteiger partial charge on any atom is -0.350 e. The van der Waals surface area contributed by atoms with Gasteiger partial charge >= 0.3 is 0 Å². The van der Waals surface area contributed by atoms with Crippen molar-refractivity contribution >= 4 is 11.4 Å². The van der Waals surface area contributed by atoms with Gasteiger partial charge in [-0.25, -0.2) is 0 Å². The van der Waals surface area contributed by atoms with Crippen LogP contribution in [-0.2, 0) is 0 Å². The van der Waals surface area contributed by atoms with Crippen molar-refractivity contribution in [2.24, 2.45) is 11.8 Å². The summed E-state index contributed by atoms with van der Waals surface area (Å²) in [6.45, 7) is 12.2. The molecule has 0 amide bonds. The molecule has 1 aromatic carbocycles. The zero-order valence-electron chi connectivity index (χ0n) is 20.7. The lowest BCUT2D eigenvalue weighted by Crippen LogP contribution is -2.49. The van der Waals surface area contributed by atoms with Gasteiger partial charge in [0, 0.05) is 12.6 Å². The van der Waals surface area contributed by atoms with Crippen LogP contribution in [0, 0.1) is 11.8 Å². The van der Waals surface area contributed by atoms with E-state index in [2.05, 4.69) is 79.6 Å². The lowest BCUT2D eigenvalue weighted by atomic mass is 9.78. The lowest BCUT2D eigenvalue weighted by Gasteiger charge is -2.41. The van der Waals surface area contributed by atoms with Gasteiger partial charge in [-0.05, 0) is 95.1 Å². The van der Waals surface area contributed by atoms with E-state index in [0.717, 1.165) is 18.3 Å². The fourth-order valence-electron chi connectivity index (χ4n) is 6.52. The first-order chi connectivity index (χ1) is 15.6. The van der Waals surface area contributed by atoms with Crippen LogP contribution in [0.15, 0.2) is 60.2 Å². The second kappa shape index (κ2) is 10.8. The molecule has 1 aromatic rings. The highest BCUT2D eigenvalue weighted by Crippen LogP contribution is 2.45. The second-order valence-corrected chi connectivity index (χ2v) is 10.6. The molecule has 0 spiro atoms. The Morgan fingerprint density at radius 2 is 1.88 bits per heavy atom. The first-order valence-corrected chi connectivity index (χ1v) is 13.2. The van der Waals surface area contributed by atoms with Gasteiger partial charge in [0.05, 0.1) is 11.4 Å². The van der Waals surface area contributed by atoms with Crippen LogP contribution in [0.4, 0.5) is 11.4 Å². The number of hydrogen-bond donors (Lipinski definition) is 0. The van der Waals surface area contributed by atoms with Crippen LogP contribution in [0.5, 0.6) is 0 Å². The van der Waals surface area contributed by atoms with Crippen LogP contribution >= 0.6 is 0 Å². The van der Waals surface area contributed by atoms with Gasteiger partial charge in [-0.15, -0.1) is 6.58 Å². The summed E-state index contributed by atoms with van der Waals surface area (Å²) in [7, 11) is 0. The average Bonchev–Trinajstić information content (AvgIpc) is 3.13. The van der Waals surface area contributed by atoms with Crippen molar-refractivity contribution in [3.8, 4) is 0 Å². The van der Waals surface area contributed by atoms with Crippen LogP contribution in [-0.4, -0.2) is 18.8 Å². The Kier molecular flexibility index (Phi) is 7.81. The SMILES string of the molecule is C=C(C)C[C@H](C)CCCN1c2ccccc2N(C2CCC(C3=CC=CCC3)CC2)C1CC. The predicted octanol–water partition coefficient (Wildman–Crippen LogP) is 8.27. The van der Waals surface area contributed by atoms with Crippen molar-refractivity contribution in [2.45, 2.75) is 97.2 Å². The van der Waals surface area contributed by atoms with E-state index < -0.39 is 0 Å². The molecule has 0 N–H and O–H groups in total. The smallest absolute Gasteiger partial charge is 0.102 e. The molecule has 2 heteroatoms. The van der Waals surface area contributed by atoms with E-state index in [1.165, 1.54) is 81.3 Å². The summed E-state index contributed by atoms with van der Waals surface area (Å²) in [5, 5.41) is 0. The van der Waals surface area contributed by atoms with E-state index in [1.807, 2.05) is 0 Å². The Morgan fingerprint density at radius 1 is 1.12 bits per heavy atom. The summed E-state index contributed by atoms with van der Waals surface area (Å²) in [5.41, 5.74) is 5.98. The van der Waals surface area contributed by atoms with E-state index in [0.29, 0.717) is 12.2 Å². The number of para-hydroxylation sites is 2. The highest BCUT2D eigenvalue weighted by molar-refractivity contribution is 5.78. The van der Waals surface area contributed by atoms with Gasteiger partial charge in [0.15, 0.2) is 0 Å². The number of benzene rings is 1. The number of rotatable bonds is 9. The van der Waals surface area contributed by atoms with Crippen molar-refractivity contribution in [3.05, 3.63) is 60.2 Å². The molecule has 1 heterocycles. The molecule has 174 valence electrons. The molecule has 0 aromatic heterocycles. The van der Waals surface area contributed by atoms with Gasteiger partial charge in [-0.3, -0.25) is 0 Å². The van der Waals surface area contributed by atoms with Crippen LogP contribution in [0.3, 0.4) is 0 Å². The van der Waals surface area contributed by atoms with E-state index in [-0.39, 0.29) is 0 Å². The van der Waals surface area contributed by atoms with Crippen molar-refractivity contribution in [3.63, 3.8) is 0 Å². The minimum absolute atomic E-state index is 0.516. The monoisotopic (exact) mass is 432 g/mol. The van der Waals surface area contributed by atoms with Gasteiger partial charge < -0.3 is 9.80 Å².